The summed E-state index contributed by atoms with van der Waals surface area (Å²) in [6, 6.07) is 17.6. The fourth-order valence-electron chi connectivity index (χ4n) is 2.38. The van der Waals surface area contributed by atoms with Crippen LogP contribution in [0.15, 0.2) is 60.7 Å². The molecule has 126 valence electrons. The highest BCUT2D eigenvalue weighted by atomic mass is 127. The molecule has 0 aliphatic carbocycles. The van der Waals surface area contributed by atoms with Gasteiger partial charge in [0.15, 0.2) is 6.61 Å². The Morgan fingerprint density at radius 2 is 1.72 bits per heavy atom. The number of esters is 1. The van der Waals surface area contributed by atoms with Crippen LogP contribution in [0.4, 0.5) is 5.69 Å². The molecule has 0 unspecified atom stereocenters. The highest BCUT2D eigenvalue weighted by Gasteiger charge is 2.16. The van der Waals surface area contributed by atoms with Crippen LogP contribution in [-0.2, 0) is 9.53 Å². The quantitative estimate of drug-likeness (QED) is 0.470. The van der Waals surface area contributed by atoms with Crippen LogP contribution >= 0.6 is 22.6 Å². The van der Waals surface area contributed by atoms with E-state index in [1.165, 1.54) is 6.07 Å². The number of rotatable bonds is 4. The Morgan fingerprint density at radius 3 is 2.52 bits per heavy atom. The van der Waals surface area contributed by atoms with Crippen LogP contribution in [0.25, 0.3) is 10.8 Å². The Hall–Kier alpha value is -2.61. The summed E-state index contributed by atoms with van der Waals surface area (Å²) in [5, 5.41) is 14.3. The number of ether oxygens (including phenoxy) is 1. The van der Waals surface area contributed by atoms with Gasteiger partial charge in [-0.1, -0.05) is 42.5 Å². The number of nitrogens with one attached hydrogen (secondary N) is 1. The van der Waals surface area contributed by atoms with Gasteiger partial charge in [0, 0.05) is 8.96 Å². The Morgan fingerprint density at radius 1 is 1.00 bits per heavy atom. The summed E-state index contributed by atoms with van der Waals surface area (Å²) in [5.41, 5.74) is 0.679. The van der Waals surface area contributed by atoms with Gasteiger partial charge in [0.2, 0.25) is 0 Å². The Kier molecular flexibility index (Phi) is 5.18. The maximum absolute atomic E-state index is 12.2. The minimum atomic E-state index is -0.749. The number of aromatic hydroxyl groups is 1. The predicted molar refractivity (Wildman–Crippen MR) is 104 cm³/mol. The van der Waals surface area contributed by atoms with Crippen molar-refractivity contribution in [2.24, 2.45) is 0 Å². The van der Waals surface area contributed by atoms with Crippen molar-refractivity contribution < 1.29 is 19.4 Å². The molecule has 0 atom stereocenters. The largest absolute Gasteiger partial charge is 0.506 e. The lowest BCUT2D eigenvalue weighted by Crippen LogP contribution is -2.21. The second-order valence-corrected chi connectivity index (χ2v) is 6.45. The lowest BCUT2D eigenvalue weighted by Gasteiger charge is -2.10. The van der Waals surface area contributed by atoms with Crippen LogP contribution in [0.1, 0.15) is 10.4 Å². The molecule has 0 aromatic heterocycles. The third-order valence-electron chi connectivity index (χ3n) is 3.60. The van der Waals surface area contributed by atoms with Crippen LogP contribution < -0.4 is 5.32 Å². The average molecular weight is 447 g/mol. The molecule has 6 heteroatoms. The summed E-state index contributed by atoms with van der Waals surface area (Å²) in [5.74, 6) is -1.35. The molecule has 0 saturated heterocycles. The predicted octanol–water partition coefficient (Wildman–Crippen LogP) is 3.95. The van der Waals surface area contributed by atoms with Crippen LogP contribution in [0.5, 0.6) is 5.75 Å². The molecule has 0 radical (unpaired) electrons. The zero-order chi connectivity index (χ0) is 17.8. The lowest BCUT2D eigenvalue weighted by atomic mass is 10.1. The van der Waals surface area contributed by atoms with E-state index >= 15 is 0 Å². The molecular weight excluding hydrogens is 433 g/mol. The van der Waals surface area contributed by atoms with Crippen molar-refractivity contribution in [2.45, 2.75) is 0 Å². The summed E-state index contributed by atoms with van der Waals surface area (Å²) in [6.07, 6.45) is 0. The Labute approximate surface area is 157 Å². The SMILES string of the molecule is O=C(COC(=O)c1ccc2ccccc2c1O)Nc1ccccc1I. The molecule has 0 saturated carbocycles. The summed E-state index contributed by atoms with van der Waals surface area (Å²) in [4.78, 5) is 24.1. The molecule has 3 aromatic carbocycles. The standard InChI is InChI=1S/C19H14INO4/c20-15-7-3-4-8-16(15)21-17(22)11-25-19(24)14-10-9-12-5-1-2-6-13(12)18(14)23/h1-10,23H,11H2,(H,21,22). The van der Waals surface area contributed by atoms with Gasteiger partial charge < -0.3 is 15.2 Å². The minimum Gasteiger partial charge on any atom is -0.506 e. The van der Waals surface area contributed by atoms with Crippen molar-refractivity contribution >= 4 is 50.9 Å². The van der Waals surface area contributed by atoms with Crippen molar-refractivity contribution in [1.29, 1.82) is 0 Å². The number of phenols is 1. The van der Waals surface area contributed by atoms with Crippen LogP contribution in [0, 0.1) is 3.57 Å². The van der Waals surface area contributed by atoms with Crippen molar-refractivity contribution in [2.75, 3.05) is 11.9 Å². The van der Waals surface area contributed by atoms with E-state index in [1.807, 2.05) is 24.3 Å². The maximum Gasteiger partial charge on any atom is 0.342 e. The van der Waals surface area contributed by atoms with Gasteiger partial charge in [-0.3, -0.25) is 4.79 Å². The van der Waals surface area contributed by atoms with Crippen LogP contribution in [-0.4, -0.2) is 23.6 Å². The number of fused-ring (bicyclic) bond motifs is 1. The first kappa shape index (κ1) is 17.2. The van der Waals surface area contributed by atoms with E-state index in [-0.39, 0.29) is 11.3 Å². The number of phenolic OH excluding ortho intramolecular Hbond substituents is 1. The normalized spacial score (nSPS) is 10.4. The number of benzene rings is 3. The van der Waals surface area contributed by atoms with Crippen LogP contribution in [0.3, 0.4) is 0 Å². The highest BCUT2D eigenvalue weighted by molar-refractivity contribution is 14.1. The minimum absolute atomic E-state index is 0.0285. The van der Waals surface area contributed by atoms with E-state index in [0.29, 0.717) is 11.1 Å². The Bertz CT molecular complexity index is 955. The van der Waals surface area contributed by atoms with Gasteiger partial charge >= 0.3 is 5.97 Å². The number of anilines is 1. The molecule has 0 aliphatic heterocycles. The van der Waals surface area contributed by atoms with Gasteiger partial charge in [-0.05, 0) is 46.2 Å². The molecule has 1 amide bonds. The first-order chi connectivity index (χ1) is 12.1. The third kappa shape index (κ3) is 3.90. The number of para-hydroxylation sites is 1. The van der Waals surface area contributed by atoms with Gasteiger partial charge in [-0.25, -0.2) is 4.79 Å². The second-order valence-electron chi connectivity index (χ2n) is 5.29. The molecule has 3 rings (SSSR count). The number of halogens is 1. The van der Waals surface area contributed by atoms with E-state index in [1.54, 1.807) is 30.3 Å². The molecule has 5 nitrogen and oxygen atoms in total. The first-order valence-corrected chi connectivity index (χ1v) is 8.56. The van der Waals surface area contributed by atoms with Gasteiger partial charge in [-0.15, -0.1) is 0 Å². The monoisotopic (exact) mass is 447 g/mol. The maximum atomic E-state index is 12.2. The third-order valence-corrected chi connectivity index (χ3v) is 4.54. The zero-order valence-electron chi connectivity index (χ0n) is 13.0. The molecule has 0 spiro atoms. The van der Waals surface area contributed by atoms with Gasteiger partial charge in [0.25, 0.3) is 5.91 Å². The number of hydrogen-bond donors (Lipinski definition) is 2. The van der Waals surface area contributed by atoms with E-state index in [4.69, 9.17) is 4.74 Å². The van der Waals surface area contributed by atoms with Crippen LogP contribution in [0.2, 0.25) is 0 Å². The number of carbonyl (C=O) groups is 2. The van der Waals surface area contributed by atoms with E-state index < -0.39 is 18.5 Å². The summed E-state index contributed by atoms with van der Waals surface area (Å²) >= 11 is 2.10. The van der Waals surface area contributed by atoms with Crippen molar-refractivity contribution in [1.82, 2.24) is 0 Å². The van der Waals surface area contributed by atoms with E-state index in [9.17, 15) is 14.7 Å². The van der Waals surface area contributed by atoms with Crippen molar-refractivity contribution in [3.05, 3.63) is 69.8 Å². The fourth-order valence-corrected chi connectivity index (χ4v) is 2.90. The molecule has 0 heterocycles. The number of carbonyl (C=O) groups excluding carboxylic acids is 2. The molecule has 2 N–H and O–H groups in total. The summed E-state index contributed by atoms with van der Waals surface area (Å²) < 4.78 is 5.90. The highest BCUT2D eigenvalue weighted by Crippen LogP contribution is 2.29. The number of hydrogen-bond acceptors (Lipinski definition) is 4. The fraction of sp³-hybridized carbons (Fsp3) is 0.0526. The topological polar surface area (TPSA) is 75.6 Å². The molecule has 3 aromatic rings. The average Bonchev–Trinajstić information content (AvgIpc) is 2.62. The molecular formula is C19H14INO4. The lowest BCUT2D eigenvalue weighted by molar-refractivity contribution is -0.119. The molecule has 0 fully saturated rings. The van der Waals surface area contributed by atoms with Crippen molar-refractivity contribution in [3.63, 3.8) is 0 Å². The molecule has 0 aliphatic rings. The van der Waals surface area contributed by atoms with Gasteiger partial charge in [0.05, 0.1) is 5.69 Å². The van der Waals surface area contributed by atoms with Gasteiger partial charge in [0.1, 0.15) is 11.3 Å². The van der Waals surface area contributed by atoms with E-state index in [0.717, 1.165) is 8.96 Å². The zero-order valence-corrected chi connectivity index (χ0v) is 15.2. The molecule has 25 heavy (non-hydrogen) atoms. The first-order valence-electron chi connectivity index (χ1n) is 7.48. The summed E-state index contributed by atoms with van der Waals surface area (Å²) in [6.45, 7) is -0.434. The Balaban J connectivity index is 1.68. The smallest absolute Gasteiger partial charge is 0.342 e. The number of amides is 1. The summed E-state index contributed by atoms with van der Waals surface area (Å²) in [7, 11) is 0. The van der Waals surface area contributed by atoms with Crippen molar-refractivity contribution in [3.8, 4) is 5.75 Å². The van der Waals surface area contributed by atoms with E-state index in [2.05, 4.69) is 27.9 Å². The van der Waals surface area contributed by atoms with Gasteiger partial charge in [-0.2, -0.15) is 0 Å². The second kappa shape index (κ2) is 7.52. The molecule has 0 bridgehead atoms.